The van der Waals surface area contributed by atoms with Crippen LogP contribution >= 0.6 is 0 Å². The molecule has 0 spiro atoms. The summed E-state index contributed by atoms with van der Waals surface area (Å²) in [6, 6.07) is 0. The van der Waals surface area contributed by atoms with Crippen LogP contribution in [0, 0.1) is 0 Å². The van der Waals surface area contributed by atoms with Crippen LogP contribution in [0.2, 0.25) is 0 Å². The molecule has 0 aromatic rings. The lowest BCUT2D eigenvalue weighted by atomic mass is 10.0. The Kier molecular flexibility index (Phi) is 15.1. The molecule has 0 aliphatic heterocycles. The summed E-state index contributed by atoms with van der Waals surface area (Å²) in [7, 11) is 1.81. The predicted octanol–water partition coefficient (Wildman–Crippen LogP) is 6.01. The zero-order chi connectivity index (χ0) is 18.2. The van der Waals surface area contributed by atoms with Crippen molar-refractivity contribution in [2.45, 2.75) is 105 Å². The van der Waals surface area contributed by atoms with Crippen molar-refractivity contribution in [3.63, 3.8) is 0 Å². The minimum absolute atomic E-state index is 0.105. The summed E-state index contributed by atoms with van der Waals surface area (Å²) in [4.78, 5) is 12.3. The van der Waals surface area contributed by atoms with E-state index in [0.717, 1.165) is 25.0 Å². The van der Waals surface area contributed by atoms with E-state index in [9.17, 15) is 4.79 Å². The van der Waals surface area contributed by atoms with E-state index in [4.69, 9.17) is 0 Å². The summed E-state index contributed by atoms with van der Waals surface area (Å²) in [5.41, 5.74) is 5.27. The fourth-order valence-electron chi connectivity index (χ4n) is 2.85. The predicted molar refractivity (Wildman–Crippen MR) is 106 cm³/mol. The molecule has 0 aromatic heterocycles. The lowest BCUT2D eigenvalue weighted by Gasteiger charge is -2.19. The molecule has 0 fully saturated rings. The van der Waals surface area contributed by atoms with Crippen LogP contribution < -0.4 is 5.43 Å². The average Bonchev–Trinajstić information content (AvgIpc) is 2.59. The van der Waals surface area contributed by atoms with E-state index in [1.807, 2.05) is 14.0 Å². The summed E-state index contributed by atoms with van der Waals surface area (Å²) in [5, 5.41) is 1.63. The fraction of sp³-hybridized carbons (Fsp3) is 0.857. The fourth-order valence-corrected chi connectivity index (χ4v) is 2.85. The lowest BCUT2D eigenvalue weighted by molar-refractivity contribution is -0.128. The van der Waals surface area contributed by atoms with Crippen LogP contribution in [0.4, 0.5) is 0 Å². The van der Waals surface area contributed by atoms with Crippen LogP contribution in [0.1, 0.15) is 105 Å². The Bertz CT molecular complexity index is 350. The van der Waals surface area contributed by atoms with Crippen molar-refractivity contribution in [2.75, 3.05) is 13.6 Å². The minimum Gasteiger partial charge on any atom is -0.277 e. The zero-order valence-electron chi connectivity index (χ0n) is 17.0. The van der Waals surface area contributed by atoms with Crippen LogP contribution in [-0.2, 0) is 4.79 Å². The molecule has 3 nitrogen and oxygen atoms in total. The first kappa shape index (κ1) is 23.2. The molecule has 0 aliphatic rings. The zero-order valence-corrected chi connectivity index (χ0v) is 17.0. The van der Waals surface area contributed by atoms with Crippen molar-refractivity contribution in [1.82, 2.24) is 10.4 Å². The van der Waals surface area contributed by atoms with E-state index in [1.54, 1.807) is 5.01 Å². The van der Waals surface area contributed by atoms with Crippen molar-refractivity contribution in [3.8, 4) is 0 Å². The molecule has 0 radical (unpaired) electrons. The molecule has 1 amide bonds. The number of carbonyl (C=O) groups is 1. The molecular weight excluding hydrogens is 296 g/mol. The molecule has 24 heavy (non-hydrogen) atoms. The first-order chi connectivity index (χ1) is 11.5. The van der Waals surface area contributed by atoms with Gasteiger partial charge in [-0.3, -0.25) is 9.80 Å². The van der Waals surface area contributed by atoms with Gasteiger partial charge in [0.05, 0.1) is 0 Å². The van der Waals surface area contributed by atoms with Crippen molar-refractivity contribution < 1.29 is 4.79 Å². The SMILES string of the molecule is CCCCCCCCCCCCC(C)=C(C)C(=O)N(C)NCCC. The number of allylic oxidation sites excluding steroid dienone is 1. The third kappa shape index (κ3) is 11.7. The molecule has 0 aliphatic carbocycles. The number of unbranched alkanes of at least 4 members (excludes halogenated alkanes) is 9. The maximum Gasteiger partial charge on any atom is 0.263 e. The maximum absolute atomic E-state index is 12.3. The Hall–Kier alpha value is -0.830. The van der Waals surface area contributed by atoms with Gasteiger partial charge in [0, 0.05) is 19.2 Å². The van der Waals surface area contributed by atoms with Gasteiger partial charge in [0.1, 0.15) is 0 Å². The molecule has 3 heteroatoms. The van der Waals surface area contributed by atoms with Gasteiger partial charge in [0.15, 0.2) is 0 Å². The Labute approximate surface area is 151 Å². The molecule has 142 valence electrons. The van der Waals surface area contributed by atoms with Gasteiger partial charge >= 0.3 is 0 Å². The molecular formula is C21H42N2O. The van der Waals surface area contributed by atoms with E-state index in [2.05, 4.69) is 26.2 Å². The highest BCUT2D eigenvalue weighted by molar-refractivity contribution is 5.93. The number of hydrogen-bond acceptors (Lipinski definition) is 2. The van der Waals surface area contributed by atoms with Crippen molar-refractivity contribution >= 4 is 5.91 Å². The first-order valence-electron chi connectivity index (χ1n) is 10.2. The van der Waals surface area contributed by atoms with E-state index in [-0.39, 0.29) is 5.91 Å². The molecule has 0 bridgehead atoms. The Balaban J connectivity index is 3.79. The van der Waals surface area contributed by atoms with E-state index in [1.165, 1.54) is 69.8 Å². The number of carbonyl (C=O) groups excluding carboxylic acids is 1. The topological polar surface area (TPSA) is 32.3 Å². The molecule has 0 unspecified atom stereocenters. The number of amides is 1. The molecule has 0 atom stereocenters. The van der Waals surface area contributed by atoms with Crippen molar-refractivity contribution in [1.29, 1.82) is 0 Å². The van der Waals surface area contributed by atoms with Gasteiger partial charge < -0.3 is 0 Å². The highest BCUT2D eigenvalue weighted by Crippen LogP contribution is 2.16. The summed E-state index contributed by atoms with van der Waals surface area (Å²) < 4.78 is 0. The third-order valence-electron chi connectivity index (χ3n) is 4.77. The molecule has 0 heterocycles. The molecule has 0 rings (SSSR count). The summed E-state index contributed by atoms with van der Waals surface area (Å²) in [6.07, 6.45) is 15.6. The van der Waals surface area contributed by atoms with Crippen LogP contribution in [-0.4, -0.2) is 24.5 Å². The Morgan fingerprint density at radius 1 is 0.792 bits per heavy atom. The summed E-state index contributed by atoms with van der Waals surface area (Å²) in [5.74, 6) is 0.105. The number of hydrazine groups is 1. The standard InChI is InChI=1S/C21H42N2O/c1-6-8-9-10-11-12-13-14-15-16-17-19(3)20(4)21(24)23(5)22-18-7-2/h22H,6-18H2,1-5H3. The van der Waals surface area contributed by atoms with Gasteiger partial charge in [-0.15, -0.1) is 0 Å². The van der Waals surface area contributed by atoms with Crippen LogP contribution in [0.25, 0.3) is 0 Å². The highest BCUT2D eigenvalue weighted by Gasteiger charge is 2.12. The van der Waals surface area contributed by atoms with E-state index < -0.39 is 0 Å². The summed E-state index contributed by atoms with van der Waals surface area (Å²) >= 11 is 0. The smallest absolute Gasteiger partial charge is 0.263 e. The van der Waals surface area contributed by atoms with Gasteiger partial charge in [0.25, 0.3) is 5.91 Å². The minimum atomic E-state index is 0.105. The van der Waals surface area contributed by atoms with Crippen LogP contribution in [0.3, 0.4) is 0 Å². The Morgan fingerprint density at radius 2 is 1.29 bits per heavy atom. The normalized spacial score (nSPS) is 12.2. The Morgan fingerprint density at radius 3 is 1.79 bits per heavy atom. The second-order valence-electron chi connectivity index (χ2n) is 7.11. The summed E-state index contributed by atoms with van der Waals surface area (Å²) in [6.45, 7) is 9.27. The van der Waals surface area contributed by atoms with Gasteiger partial charge in [-0.1, -0.05) is 77.2 Å². The van der Waals surface area contributed by atoms with E-state index >= 15 is 0 Å². The molecule has 0 saturated carbocycles. The van der Waals surface area contributed by atoms with Crippen LogP contribution in [0.15, 0.2) is 11.1 Å². The van der Waals surface area contributed by atoms with E-state index in [0.29, 0.717) is 0 Å². The first-order valence-corrected chi connectivity index (χ1v) is 10.2. The second-order valence-corrected chi connectivity index (χ2v) is 7.11. The number of nitrogens with one attached hydrogen (secondary N) is 1. The largest absolute Gasteiger partial charge is 0.277 e. The number of likely N-dealkylation sites (N-methyl/N-ethyl adjacent to an activating group) is 1. The molecule has 0 saturated heterocycles. The molecule has 1 N–H and O–H groups in total. The second kappa shape index (κ2) is 15.7. The maximum atomic E-state index is 12.3. The monoisotopic (exact) mass is 338 g/mol. The molecule has 0 aromatic carbocycles. The number of rotatable bonds is 15. The lowest BCUT2D eigenvalue weighted by Crippen LogP contribution is -2.40. The third-order valence-corrected chi connectivity index (χ3v) is 4.77. The number of hydrogen-bond donors (Lipinski definition) is 1. The van der Waals surface area contributed by atoms with Gasteiger partial charge in [-0.2, -0.15) is 0 Å². The quantitative estimate of drug-likeness (QED) is 0.225. The van der Waals surface area contributed by atoms with Gasteiger partial charge in [-0.05, 0) is 33.1 Å². The number of nitrogens with zero attached hydrogens (tertiary/aromatic N) is 1. The highest BCUT2D eigenvalue weighted by atomic mass is 16.2. The van der Waals surface area contributed by atoms with Crippen molar-refractivity contribution in [3.05, 3.63) is 11.1 Å². The van der Waals surface area contributed by atoms with Gasteiger partial charge in [-0.25, -0.2) is 5.43 Å². The average molecular weight is 339 g/mol. The van der Waals surface area contributed by atoms with Crippen molar-refractivity contribution in [2.24, 2.45) is 0 Å². The van der Waals surface area contributed by atoms with Crippen LogP contribution in [0.5, 0.6) is 0 Å². The van der Waals surface area contributed by atoms with Gasteiger partial charge in [0.2, 0.25) is 0 Å².